The molecule has 2 heterocycles. The van der Waals surface area contributed by atoms with Crippen LogP contribution in [0.1, 0.15) is 43.5 Å². The summed E-state index contributed by atoms with van der Waals surface area (Å²) in [6, 6.07) is 4.42. The fourth-order valence-electron chi connectivity index (χ4n) is 2.21. The zero-order chi connectivity index (χ0) is 12.8. The number of hydrogen-bond donors (Lipinski definition) is 1. The van der Waals surface area contributed by atoms with Gasteiger partial charge in [0, 0.05) is 23.1 Å². The van der Waals surface area contributed by atoms with Gasteiger partial charge in [0.05, 0.1) is 0 Å². The van der Waals surface area contributed by atoms with E-state index in [0.717, 1.165) is 10.1 Å². The van der Waals surface area contributed by atoms with Crippen LogP contribution in [-0.2, 0) is 0 Å². The van der Waals surface area contributed by atoms with E-state index in [1.807, 2.05) is 12.1 Å². The van der Waals surface area contributed by atoms with E-state index < -0.39 is 0 Å². The molecule has 0 aliphatic heterocycles. The van der Waals surface area contributed by atoms with Crippen LogP contribution in [0.2, 0.25) is 0 Å². The molecule has 0 saturated heterocycles. The third-order valence-electron chi connectivity index (χ3n) is 3.51. The van der Waals surface area contributed by atoms with Crippen molar-refractivity contribution < 1.29 is 0 Å². The molecule has 19 heavy (non-hydrogen) atoms. The van der Waals surface area contributed by atoms with Crippen molar-refractivity contribution in [2.24, 2.45) is 0 Å². The minimum absolute atomic E-state index is 0.548. The second-order valence-electron chi connectivity index (χ2n) is 5.24. The summed E-state index contributed by atoms with van der Waals surface area (Å²) in [6.45, 7) is 0. The molecule has 2 N–H and O–H groups in total. The molecule has 98 valence electrons. The summed E-state index contributed by atoms with van der Waals surface area (Å²) in [5.74, 6) is 2.38. The third kappa shape index (κ3) is 2.20. The number of anilines is 1. The average molecular weight is 273 g/mol. The predicted octanol–water partition coefficient (Wildman–Crippen LogP) is 2.62. The Balaban J connectivity index is 1.65. The molecular formula is C13H15N5S. The van der Waals surface area contributed by atoms with Crippen LogP contribution in [0.25, 0.3) is 0 Å². The van der Waals surface area contributed by atoms with E-state index in [-0.39, 0.29) is 0 Å². The maximum absolute atomic E-state index is 5.61. The Labute approximate surface area is 115 Å². The Hall–Kier alpha value is -1.56. The van der Waals surface area contributed by atoms with Crippen LogP contribution in [0.5, 0.6) is 0 Å². The molecule has 2 fully saturated rings. The first-order chi connectivity index (χ1) is 9.31. The highest BCUT2D eigenvalue weighted by Gasteiger charge is 2.36. The van der Waals surface area contributed by atoms with Gasteiger partial charge < -0.3 is 10.3 Å². The van der Waals surface area contributed by atoms with E-state index in [9.17, 15) is 0 Å². The van der Waals surface area contributed by atoms with E-state index in [0.29, 0.717) is 17.8 Å². The summed E-state index contributed by atoms with van der Waals surface area (Å²) in [4.78, 5) is 5.18. The minimum atomic E-state index is 0.548. The molecular weight excluding hydrogens is 258 g/mol. The van der Waals surface area contributed by atoms with Gasteiger partial charge in [-0.2, -0.15) is 0 Å². The maximum atomic E-state index is 5.61. The van der Waals surface area contributed by atoms with E-state index >= 15 is 0 Å². The lowest BCUT2D eigenvalue weighted by molar-refractivity contribution is 0.627. The largest absolute Gasteiger partial charge is 0.384 e. The lowest BCUT2D eigenvalue weighted by atomic mass is 10.4. The van der Waals surface area contributed by atoms with Crippen LogP contribution in [0.15, 0.2) is 28.4 Å². The lowest BCUT2D eigenvalue weighted by Crippen LogP contribution is -2.01. The summed E-state index contributed by atoms with van der Waals surface area (Å²) in [6.07, 6.45) is 6.83. The number of hydrogen-bond acceptors (Lipinski definition) is 5. The number of rotatable bonds is 4. The molecule has 0 aromatic carbocycles. The quantitative estimate of drug-likeness (QED) is 0.927. The van der Waals surface area contributed by atoms with Gasteiger partial charge in [-0.3, -0.25) is 0 Å². The molecule has 2 aliphatic carbocycles. The van der Waals surface area contributed by atoms with Gasteiger partial charge in [0.15, 0.2) is 5.16 Å². The molecule has 2 saturated carbocycles. The zero-order valence-electron chi connectivity index (χ0n) is 10.5. The van der Waals surface area contributed by atoms with Crippen molar-refractivity contribution in [1.29, 1.82) is 0 Å². The SMILES string of the molecule is Nc1ccc(Sc2nnc(C3CC3)n2C2CC2)cn1. The van der Waals surface area contributed by atoms with Gasteiger partial charge in [-0.1, -0.05) is 0 Å². The Morgan fingerprint density at radius 1 is 1.16 bits per heavy atom. The first kappa shape index (κ1) is 11.3. The summed E-state index contributed by atoms with van der Waals surface area (Å²) in [5.41, 5.74) is 5.61. The van der Waals surface area contributed by atoms with Crippen molar-refractivity contribution in [2.45, 2.75) is 47.7 Å². The Kier molecular flexibility index (Phi) is 2.51. The van der Waals surface area contributed by atoms with E-state index in [2.05, 4.69) is 19.7 Å². The molecule has 5 nitrogen and oxygen atoms in total. The molecule has 0 unspecified atom stereocenters. The maximum Gasteiger partial charge on any atom is 0.196 e. The highest BCUT2D eigenvalue weighted by Crippen LogP contribution is 2.46. The predicted molar refractivity (Wildman–Crippen MR) is 73.0 cm³/mol. The highest BCUT2D eigenvalue weighted by atomic mass is 32.2. The van der Waals surface area contributed by atoms with Gasteiger partial charge in [-0.15, -0.1) is 10.2 Å². The smallest absolute Gasteiger partial charge is 0.196 e. The van der Waals surface area contributed by atoms with Crippen molar-refractivity contribution in [1.82, 2.24) is 19.7 Å². The monoisotopic (exact) mass is 273 g/mol. The Morgan fingerprint density at radius 3 is 2.63 bits per heavy atom. The van der Waals surface area contributed by atoms with Gasteiger partial charge in [-0.25, -0.2) is 4.98 Å². The first-order valence-corrected chi connectivity index (χ1v) is 7.47. The molecule has 6 heteroatoms. The van der Waals surface area contributed by atoms with Crippen molar-refractivity contribution >= 4 is 17.6 Å². The lowest BCUT2D eigenvalue weighted by Gasteiger charge is -2.07. The van der Waals surface area contributed by atoms with Crippen LogP contribution >= 0.6 is 11.8 Å². The fraction of sp³-hybridized carbons (Fsp3) is 0.462. The van der Waals surface area contributed by atoms with Gasteiger partial charge in [0.1, 0.15) is 11.6 Å². The van der Waals surface area contributed by atoms with Gasteiger partial charge in [0.2, 0.25) is 0 Å². The van der Waals surface area contributed by atoms with Crippen molar-refractivity contribution in [3.63, 3.8) is 0 Å². The van der Waals surface area contributed by atoms with Crippen molar-refractivity contribution in [3.8, 4) is 0 Å². The average Bonchev–Trinajstić information content (AvgIpc) is 3.32. The van der Waals surface area contributed by atoms with Gasteiger partial charge in [-0.05, 0) is 49.6 Å². The first-order valence-electron chi connectivity index (χ1n) is 6.65. The Morgan fingerprint density at radius 2 is 2.00 bits per heavy atom. The zero-order valence-corrected chi connectivity index (χ0v) is 11.3. The summed E-state index contributed by atoms with van der Waals surface area (Å²) in [5, 5.41) is 9.77. The molecule has 2 aromatic heterocycles. The van der Waals surface area contributed by atoms with Crippen molar-refractivity contribution in [2.75, 3.05) is 5.73 Å². The Bertz CT molecular complexity index is 598. The van der Waals surface area contributed by atoms with Gasteiger partial charge >= 0.3 is 0 Å². The summed E-state index contributed by atoms with van der Waals surface area (Å²) >= 11 is 1.63. The van der Waals surface area contributed by atoms with Crippen LogP contribution in [-0.4, -0.2) is 19.7 Å². The number of nitrogens with zero attached hydrogens (tertiary/aromatic N) is 4. The summed E-state index contributed by atoms with van der Waals surface area (Å²) in [7, 11) is 0. The molecule has 0 atom stereocenters. The normalized spacial score (nSPS) is 18.7. The second kappa shape index (κ2) is 4.23. The molecule has 2 aliphatic rings. The van der Waals surface area contributed by atoms with E-state index in [4.69, 9.17) is 5.73 Å². The minimum Gasteiger partial charge on any atom is -0.384 e. The topological polar surface area (TPSA) is 69.6 Å². The fourth-order valence-corrected chi connectivity index (χ4v) is 3.09. The van der Waals surface area contributed by atoms with Crippen molar-refractivity contribution in [3.05, 3.63) is 24.2 Å². The number of nitrogens with two attached hydrogens (primary N) is 1. The van der Waals surface area contributed by atoms with Crippen LogP contribution in [0, 0.1) is 0 Å². The molecule has 0 bridgehead atoms. The molecule has 0 radical (unpaired) electrons. The van der Waals surface area contributed by atoms with Crippen LogP contribution in [0.3, 0.4) is 0 Å². The van der Waals surface area contributed by atoms with Gasteiger partial charge in [0.25, 0.3) is 0 Å². The van der Waals surface area contributed by atoms with Crippen LogP contribution in [0.4, 0.5) is 5.82 Å². The molecule has 0 amide bonds. The highest BCUT2D eigenvalue weighted by molar-refractivity contribution is 7.99. The van der Waals surface area contributed by atoms with E-state index in [1.54, 1.807) is 18.0 Å². The van der Waals surface area contributed by atoms with Crippen LogP contribution < -0.4 is 5.73 Å². The molecule has 2 aromatic rings. The third-order valence-corrected chi connectivity index (χ3v) is 4.45. The number of pyridine rings is 1. The molecule has 0 spiro atoms. The number of nitrogen functional groups attached to an aromatic ring is 1. The van der Waals surface area contributed by atoms with E-state index in [1.165, 1.54) is 31.5 Å². The standard InChI is InChI=1S/C13H15N5S/c14-11-6-5-10(7-15-11)19-13-17-16-12(8-1-2-8)18(13)9-3-4-9/h5-9H,1-4H2,(H2,14,15). The number of aromatic nitrogens is 4. The second-order valence-corrected chi connectivity index (χ2v) is 6.28. The molecule has 4 rings (SSSR count). The summed E-state index contributed by atoms with van der Waals surface area (Å²) < 4.78 is 2.35.